The molecule has 0 radical (unpaired) electrons. The molecule has 0 saturated carbocycles. The van der Waals surface area contributed by atoms with Gasteiger partial charge in [-0.15, -0.1) is 0 Å². The van der Waals surface area contributed by atoms with Gasteiger partial charge in [-0.1, -0.05) is 50.6 Å². The van der Waals surface area contributed by atoms with Crippen LogP contribution < -0.4 is 0 Å². The Morgan fingerprint density at radius 2 is 1.82 bits per heavy atom. The lowest BCUT2D eigenvalue weighted by atomic mass is 9.96. The smallest absolute Gasteiger partial charge is 0.418 e. The predicted octanol–water partition coefficient (Wildman–Crippen LogP) is 4.19. The monoisotopic (exact) mass is 387 g/mol. The van der Waals surface area contributed by atoms with Crippen LogP contribution in [-0.2, 0) is 20.7 Å². The normalized spacial score (nSPS) is 20.3. The molecule has 2 atom stereocenters. The number of nitrogens with zero attached hydrogens (tertiary/aromatic N) is 1. The van der Waals surface area contributed by atoms with Crippen LogP contribution in [0, 0.1) is 5.92 Å². The number of carbonyl (C=O) groups is 3. The van der Waals surface area contributed by atoms with Crippen molar-refractivity contribution in [3.8, 4) is 0 Å². The Morgan fingerprint density at radius 3 is 2.36 bits per heavy atom. The highest BCUT2D eigenvalue weighted by Gasteiger charge is 2.50. The van der Waals surface area contributed by atoms with Gasteiger partial charge in [-0.3, -0.25) is 9.59 Å². The van der Waals surface area contributed by atoms with Gasteiger partial charge in [0.1, 0.15) is 23.0 Å². The summed E-state index contributed by atoms with van der Waals surface area (Å²) in [6.07, 6.45) is 0.720. The number of hydrogen-bond donors (Lipinski definition) is 1. The van der Waals surface area contributed by atoms with Crippen LogP contribution in [0.4, 0.5) is 4.79 Å². The first-order chi connectivity index (χ1) is 13.1. The van der Waals surface area contributed by atoms with Gasteiger partial charge >= 0.3 is 6.09 Å². The Balaban J connectivity index is 2.46. The Hall–Kier alpha value is -2.63. The Labute approximate surface area is 166 Å². The molecule has 1 heterocycles. The summed E-state index contributed by atoms with van der Waals surface area (Å²) in [6, 6.07) is 8.12. The van der Waals surface area contributed by atoms with E-state index >= 15 is 0 Å². The van der Waals surface area contributed by atoms with Gasteiger partial charge in [0.2, 0.25) is 0 Å². The summed E-state index contributed by atoms with van der Waals surface area (Å²) < 4.78 is 5.35. The topological polar surface area (TPSA) is 83.9 Å². The van der Waals surface area contributed by atoms with E-state index in [1.165, 1.54) is 0 Å². The number of Topliss-reactive ketones (excluding diaryl/α,β-unsaturated/α-hetero) is 1. The number of likely N-dealkylation sites (tertiary alicyclic amines) is 1. The van der Waals surface area contributed by atoms with Crippen molar-refractivity contribution in [1.29, 1.82) is 0 Å². The van der Waals surface area contributed by atoms with Crippen LogP contribution in [0.2, 0.25) is 0 Å². The third kappa shape index (κ3) is 4.80. The van der Waals surface area contributed by atoms with Gasteiger partial charge in [-0.2, -0.15) is 0 Å². The molecule has 1 aromatic rings. The molecule has 1 aliphatic rings. The molecule has 6 heteroatoms. The second kappa shape index (κ2) is 8.59. The quantitative estimate of drug-likeness (QED) is 0.465. The number of allylic oxidation sites excluding steroid dienone is 1. The van der Waals surface area contributed by atoms with Crippen LogP contribution in [0.15, 0.2) is 41.7 Å². The standard InChI is InChI=1S/C22H29NO5/c1-6-10-14(2)18(24)17-19(25)16(13-15-11-8-7-9-12-15)23(20(17)26)21(27)28-22(3,4)5/h7-9,11-12,14,16,24H,6,10,13H2,1-5H3/b18-17+/t14?,16-/m0/s1. The van der Waals surface area contributed by atoms with Crippen LogP contribution in [0.5, 0.6) is 0 Å². The zero-order valence-corrected chi connectivity index (χ0v) is 17.2. The number of hydrogen-bond acceptors (Lipinski definition) is 5. The lowest BCUT2D eigenvalue weighted by molar-refractivity contribution is -0.126. The fourth-order valence-corrected chi connectivity index (χ4v) is 3.25. The average Bonchev–Trinajstić information content (AvgIpc) is 2.84. The van der Waals surface area contributed by atoms with Gasteiger partial charge in [-0.05, 0) is 32.8 Å². The van der Waals surface area contributed by atoms with E-state index < -0.39 is 29.4 Å². The lowest BCUT2D eigenvalue weighted by Crippen LogP contribution is -2.44. The fraction of sp³-hybridized carbons (Fsp3) is 0.500. The van der Waals surface area contributed by atoms with Gasteiger partial charge in [0.05, 0.1) is 0 Å². The maximum absolute atomic E-state index is 13.1. The van der Waals surface area contributed by atoms with E-state index in [4.69, 9.17) is 4.74 Å². The molecular formula is C22H29NO5. The van der Waals surface area contributed by atoms with E-state index in [2.05, 4.69) is 0 Å². The van der Waals surface area contributed by atoms with Gasteiger partial charge < -0.3 is 9.84 Å². The molecule has 1 N–H and O–H groups in total. The Morgan fingerprint density at radius 1 is 1.21 bits per heavy atom. The Bertz CT molecular complexity index is 776. The first kappa shape index (κ1) is 21.7. The molecule has 28 heavy (non-hydrogen) atoms. The van der Waals surface area contributed by atoms with Gasteiger partial charge in [0.15, 0.2) is 5.78 Å². The number of carbonyl (C=O) groups excluding carboxylic acids is 3. The van der Waals surface area contributed by atoms with Crippen molar-refractivity contribution in [3.63, 3.8) is 0 Å². The summed E-state index contributed by atoms with van der Waals surface area (Å²) in [4.78, 5) is 39.6. The number of ether oxygens (including phenoxy) is 1. The van der Waals surface area contributed by atoms with E-state index in [9.17, 15) is 19.5 Å². The molecule has 6 nitrogen and oxygen atoms in total. The van der Waals surface area contributed by atoms with Gasteiger partial charge in [0, 0.05) is 12.3 Å². The maximum atomic E-state index is 13.1. The van der Waals surface area contributed by atoms with Crippen LogP contribution in [0.1, 0.15) is 53.0 Å². The number of imide groups is 1. The van der Waals surface area contributed by atoms with Crippen molar-refractivity contribution in [1.82, 2.24) is 4.90 Å². The lowest BCUT2D eigenvalue weighted by Gasteiger charge is -2.26. The Kier molecular flexibility index (Phi) is 6.65. The molecule has 1 aliphatic heterocycles. The molecule has 1 aromatic carbocycles. The third-order valence-electron chi connectivity index (χ3n) is 4.60. The molecule has 0 aromatic heterocycles. The van der Waals surface area contributed by atoms with Gasteiger partial charge in [-0.25, -0.2) is 9.69 Å². The molecule has 1 fully saturated rings. The molecule has 1 saturated heterocycles. The first-order valence-corrected chi connectivity index (χ1v) is 9.64. The molecule has 0 bridgehead atoms. The minimum Gasteiger partial charge on any atom is -0.511 e. The molecule has 2 amide bonds. The van der Waals surface area contributed by atoms with Crippen molar-refractivity contribution in [2.75, 3.05) is 0 Å². The van der Waals surface area contributed by atoms with E-state index in [1.54, 1.807) is 27.7 Å². The largest absolute Gasteiger partial charge is 0.511 e. The molecule has 1 unspecified atom stereocenters. The predicted molar refractivity (Wildman–Crippen MR) is 106 cm³/mol. The number of ketones is 1. The SMILES string of the molecule is CCCC(C)/C(O)=C1/C(=O)[C@H](Cc2ccccc2)N(C(=O)OC(C)(C)C)C1=O. The summed E-state index contributed by atoms with van der Waals surface area (Å²) in [5.74, 6) is -1.93. The fourth-order valence-electron chi connectivity index (χ4n) is 3.25. The third-order valence-corrected chi connectivity index (χ3v) is 4.60. The van der Waals surface area contributed by atoms with Crippen LogP contribution in [-0.4, -0.2) is 39.4 Å². The van der Waals surface area contributed by atoms with E-state index in [1.807, 2.05) is 37.3 Å². The van der Waals surface area contributed by atoms with Crippen molar-refractivity contribution < 1.29 is 24.2 Å². The highest BCUT2D eigenvalue weighted by molar-refractivity contribution is 6.30. The van der Waals surface area contributed by atoms with Crippen LogP contribution in [0.25, 0.3) is 0 Å². The van der Waals surface area contributed by atoms with E-state index in [-0.39, 0.29) is 23.7 Å². The second-order valence-electron chi connectivity index (χ2n) is 8.18. The number of aliphatic hydroxyl groups excluding tert-OH is 1. The maximum Gasteiger partial charge on any atom is 0.418 e. The number of benzene rings is 1. The molecular weight excluding hydrogens is 358 g/mol. The highest BCUT2D eigenvalue weighted by atomic mass is 16.6. The minimum absolute atomic E-state index is 0.170. The molecule has 0 spiro atoms. The number of aliphatic hydroxyl groups is 1. The summed E-state index contributed by atoms with van der Waals surface area (Å²) >= 11 is 0. The second-order valence-corrected chi connectivity index (χ2v) is 8.18. The van der Waals surface area contributed by atoms with E-state index in [0.29, 0.717) is 6.42 Å². The summed E-state index contributed by atoms with van der Waals surface area (Å²) in [5, 5.41) is 10.6. The first-order valence-electron chi connectivity index (χ1n) is 9.64. The average molecular weight is 387 g/mol. The molecule has 0 aliphatic carbocycles. The van der Waals surface area contributed by atoms with E-state index in [0.717, 1.165) is 16.9 Å². The number of rotatable bonds is 5. The molecule has 152 valence electrons. The van der Waals surface area contributed by atoms with Crippen molar-refractivity contribution in [2.45, 2.75) is 65.5 Å². The van der Waals surface area contributed by atoms with Gasteiger partial charge in [0.25, 0.3) is 5.91 Å². The van der Waals surface area contributed by atoms with Crippen LogP contribution in [0.3, 0.4) is 0 Å². The van der Waals surface area contributed by atoms with Crippen molar-refractivity contribution >= 4 is 17.8 Å². The summed E-state index contributed by atoms with van der Waals surface area (Å²) in [6.45, 7) is 8.79. The zero-order chi connectivity index (χ0) is 21.1. The van der Waals surface area contributed by atoms with Crippen LogP contribution >= 0.6 is 0 Å². The minimum atomic E-state index is -1.03. The highest BCUT2D eigenvalue weighted by Crippen LogP contribution is 2.30. The summed E-state index contributed by atoms with van der Waals surface area (Å²) in [7, 11) is 0. The van der Waals surface area contributed by atoms with Crippen molar-refractivity contribution in [2.24, 2.45) is 5.92 Å². The number of amides is 2. The van der Waals surface area contributed by atoms with Crippen molar-refractivity contribution in [3.05, 3.63) is 47.2 Å². The zero-order valence-electron chi connectivity index (χ0n) is 17.2. The molecule has 2 rings (SSSR count). The summed E-state index contributed by atoms with van der Waals surface area (Å²) in [5.41, 5.74) is -0.306.